The highest BCUT2D eigenvalue weighted by Crippen LogP contribution is 2.27. The number of carbonyl (C=O) groups is 1. The van der Waals surface area contributed by atoms with Gasteiger partial charge in [0.15, 0.2) is 0 Å². The summed E-state index contributed by atoms with van der Waals surface area (Å²) in [7, 11) is 0. The topological polar surface area (TPSA) is 108 Å². The fourth-order valence-corrected chi connectivity index (χ4v) is 2.58. The Kier molecular flexibility index (Phi) is 6.41. The minimum absolute atomic E-state index is 0.0662. The van der Waals surface area contributed by atoms with Gasteiger partial charge in [0.25, 0.3) is 11.6 Å². The monoisotopic (exact) mass is 410 g/mol. The van der Waals surface area contributed by atoms with E-state index in [9.17, 15) is 14.9 Å². The smallest absolute Gasteiger partial charge is 0.289 e. The average Bonchev–Trinajstić information content (AvgIpc) is 2.56. The highest BCUT2D eigenvalue weighted by atomic mass is 35.5. The van der Waals surface area contributed by atoms with E-state index in [1.807, 2.05) is 0 Å². The quantitative estimate of drug-likeness (QED) is 0.311. The van der Waals surface area contributed by atoms with Crippen molar-refractivity contribution in [3.05, 3.63) is 73.4 Å². The number of nitrogens with zero attached hydrogens (tertiary/aromatic N) is 2. The molecule has 0 bridgehead atoms. The zero-order valence-corrected chi connectivity index (χ0v) is 15.1. The molecule has 2 aromatic carbocycles. The van der Waals surface area contributed by atoms with Gasteiger partial charge in [-0.1, -0.05) is 34.8 Å². The van der Waals surface area contributed by atoms with Crippen molar-refractivity contribution >= 4 is 57.8 Å². The van der Waals surface area contributed by atoms with Crippen LogP contribution in [0.3, 0.4) is 0 Å². The van der Waals surface area contributed by atoms with Crippen LogP contribution in [0.15, 0.2) is 48.2 Å². The first-order valence-corrected chi connectivity index (χ1v) is 8.01. The van der Waals surface area contributed by atoms with Crippen LogP contribution < -0.4 is 10.6 Å². The van der Waals surface area contributed by atoms with Crippen molar-refractivity contribution in [2.24, 2.45) is 0 Å². The second-order valence-electron chi connectivity index (χ2n) is 4.85. The van der Waals surface area contributed by atoms with Crippen molar-refractivity contribution < 1.29 is 9.72 Å². The summed E-state index contributed by atoms with van der Waals surface area (Å²) in [6.07, 6.45) is 1.17. The predicted octanol–water partition coefficient (Wildman–Crippen LogP) is 5.01. The molecule has 0 atom stereocenters. The van der Waals surface area contributed by atoms with Crippen molar-refractivity contribution in [3.8, 4) is 6.07 Å². The molecule has 0 heterocycles. The Hall–Kier alpha value is -2.79. The fourth-order valence-electron chi connectivity index (χ4n) is 1.87. The van der Waals surface area contributed by atoms with Crippen LogP contribution in [0, 0.1) is 21.4 Å². The van der Waals surface area contributed by atoms with Gasteiger partial charge in [-0.25, -0.2) is 0 Å². The molecule has 0 aliphatic carbocycles. The number of carbonyl (C=O) groups excluding carboxylic acids is 1. The summed E-state index contributed by atoms with van der Waals surface area (Å²) in [5.74, 6) is -0.759. The number of nitro groups is 1. The van der Waals surface area contributed by atoms with Crippen molar-refractivity contribution in [3.63, 3.8) is 0 Å². The molecule has 10 heteroatoms. The number of hydrogen-bond acceptors (Lipinski definition) is 5. The average molecular weight is 412 g/mol. The Morgan fingerprint density at radius 1 is 1.12 bits per heavy atom. The molecule has 0 radical (unpaired) electrons. The van der Waals surface area contributed by atoms with E-state index in [2.05, 4.69) is 10.6 Å². The van der Waals surface area contributed by atoms with Gasteiger partial charge in [0.2, 0.25) is 0 Å². The molecule has 26 heavy (non-hydrogen) atoms. The van der Waals surface area contributed by atoms with Gasteiger partial charge in [0.1, 0.15) is 16.7 Å². The molecule has 7 nitrogen and oxygen atoms in total. The number of benzene rings is 2. The standard InChI is InChI=1S/C16H9Cl3N4O3/c17-10-3-11(18)5-13(4-10)21-8-9(7-20)16(24)22-12-1-2-14(19)15(6-12)23(25)26/h1-6,8,21H,(H,22,24)/b9-8-. The number of nitro benzene ring substituents is 1. The van der Waals surface area contributed by atoms with Gasteiger partial charge in [-0.15, -0.1) is 0 Å². The highest BCUT2D eigenvalue weighted by Gasteiger charge is 2.15. The van der Waals surface area contributed by atoms with Crippen molar-refractivity contribution in [2.45, 2.75) is 0 Å². The lowest BCUT2D eigenvalue weighted by molar-refractivity contribution is -0.384. The number of amides is 1. The van der Waals surface area contributed by atoms with E-state index in [0.29, 0.717) is 15.7 Å². The van der Waals surface area contributed by atoms with E-state index in [-0.39, 0.29) is 22.0 Å². The minimum Gasteiger partial charge on any atom is -0.360 e. The molecule has 0 saturated heterocycles. The molecule has 0 unspecified atom stereocenters. The van der Waals surface area contributed by atoms with Crippen LogP contribution in [0.5, 0.6) is 0 Å². The van der Waals surface area contributed by atoms with Gasteiger partial charge in [-0.05, 0) is 30.3 Å². The zero-order valence-electron chi connectivity index (χ0n) is 12.8. The van der Waals surface area contributed by atoms with Crippen LogP contribution in [-0.4, -0.2) is 10.8 Å². The fraction of sp³-hybridized carbons (Fsp3) is 0. The van der Waals surface area contributed by atoms with Crippen LogP contribution in [0.2, 0.25) is 15.1 Å². The zero-order chi connectivity index (χ0) is 19.3. The van der Waals surface area contributed by atoms with Gasteiger partial charge in [-0.3, -0.25) is 14.9 Å². The summed E-state index contributed by atoms with van der Waals surface area (Å²) in [5, 5.41) is 25.8. The molecule has 0 saturated carbocycles. The van der Waals surface area contributed by atoms with Gasteiger partial charge < -0.3 is 10.6 Å². The number of halogens is 3. The Bertz CT molecular complexity index is 934. The molecule has 0 aliphatic heterocycles. The highest BCUT2D eigenvalue weighted by molar-refractivity contribution is 6.35. The first-order chi connectivity index (χ1) is 12.3. The summed E-state index contributed by atoms with van der Waals surface area (Å²) in [6, 6.07) is 10.1. The second-order valence-corrected chi connectivity index (χ2v) is 6.13. The van der Waals surface area contributed by atoms with Crippen LogP contribution in [-0.2, 0) is 4.79 Å². The minimum atomic E-state index is -0.759. The van der Waals surface area contributed by atoms with Crippen molar-refractivity contribution in [1.82, 2.24) is 0 Å². The molecule has 132 valence electrons. The predicted molar refractivity (Wildman–Crippen MR) is 101 cm³/mol. The molecule has 1 amide bonds. The third-order valence-electron chi connectivity index (χ3n) is 3.01. The lowest BCUT2D eigenvalue weighted by Gasteiger charge is -2.06. The third-order valence-corrected chi connectivity index (χ3v) is 3.77. The first-order valence-electron chi connectivity index (χ1n) is 6.88. The number of nitriles is 1. The Labute approximate surface area is 162 Å². The number of hydrogen-bond donors (Lipinski definition) is 2. The lowest BCUT2D eigenvalue weighted by Crippen LogP contribution is -2.14. The van der Waals surface area contributed by atoms with E-state index in [4.69, 9.17) is 40.1 Å². The number of anilines is 2. The molecule has 0 aliphatic rings. The maximum absolute atomic E-state index is 12.2. The molecule has 0 aromatic heterocycles. The summed E-state index contributed by atoms with van der Waals surface area (Å²) >= 11 is 17.4. The van der Waals surface area contributed by atoms with Crippen LogP contribution in [0.4, 0.5) is 17.1 Å². The SMILES string of the molecule is N#C/C(=C/Nc1cc(Cl)cc(Cl)c1)C(=O)Nc1ccc(Cl)c([N+](=O)[O-])c1. The maximum atomic E-state index is 12.2. The first kappa shape index (κ1) is 19.5. The lowest BCUT2D eigenvalue weighted by atomic mass is 10.2. The van der Waals surface area contributed by atoms with Gasteiger partial charge in [0.05, 0.1) is 4.92 Å². The third kappa shape index (κ3) is 5.10. The Morgan fingerprint density at radius 2 is 1.77 bits per heavy atom. The molecule has 2 N–H and O–H groups in total. The van der Waals surface area contributed by atoms with Gasteiger partial charge >= 0.3 is 0 Å². The summed E-state index contributed by atoms with van der Waals surface area (Å²) in [5.41, 5.74) is -0.0272. The maximum Gasteiger partial charge on any atom is 0.289 e. The Morgan fingerprint density at radius 3 is 2.35 bits per heavy atom. The molecule has 0 fully saturated rings. The number of rotatable bonds is 5. The molecule has 0 spiro atoms. The molecule has 2 rings (SSSR count). The van der Waals surface area contributed by atoms with Gasteiger partial charge in [-0.2, -0.15) is 5.26 Å². The van der Waals surface area contributed by atoms with E-state index in [0.717, 1.165) is 6.07 Å². The van der Waals surface area contributed by atoms with E-state index >= 15 is 0 Å². The van der Waals surface area contributed by atoms with Crippen LogP contribution in [0.1, 0.15) is 0 Å². The van der Waals surface area contributed by atoms with Crippen LogP contribution in [0.25, 0.3) is 0 Å². The van der Waals surface area contributed by atoms with E-state index in [1.54, 1.807) is 18.2 Å². The van der Waals surface area contributed by atoms with E-state index in [1.165, 1.54) is 24.4 Å². The molecular weight excluding hydrogens is 403 g/mol. The summed E-state index contributed by atoms with van der Waals surface area (Å²) in [6.45, 7) is 0. The molecule has 2 aromatic rings. The van der Waals surface area contributed by atoms with Crippen molar-refractivity contribution in [1.29, 1.82) is 5.26 Å². The van der Waals surface area contributed by atoms with Crippen molar-refractivity contribution in [2.75, 3.05) is 10.6 Å². The number of nitrogens with one attached hydrogen (secondary N) is 2. The molecular formula is C16H9Cl3N4O3. The normalized spacial score (nSPS) is 10.8. The summed E-state index contributed by atoms with van der Waals surface area (Å²) < 4.78 is 0. The van der Waals surface area contributed by atoms with Crippen LogP contribution >= 0.6 is 34.8 Å². The Balaban J connectivity index is 2.17. The summed E-state index contributed by atoms with van der Waals surface area (Å²) in [4.78, 5) is 22.4. The van der Waals surface area contributed by atoms with E-state index < -0.39 is 10.8 Å². The second kappa shape index (κ2) is 8.54. The van der Waals surface area contributed by atoms with Gasteiger partial charge in [0, 0.05) is 33.7 Å². The largest absolute Gasteiger partial charge is 0.360 e.